The first kappa shape index (κ1) is 23.4. The predicted molar refractivity (Wildman–Crippen MR) is 120 cm³/mol. The summed E-state index contributed by atoms with van der Waals surface area (Å²) in [7, 11) is 0. The zero-order chi connectivity index (χ0) is 21.3. The molecule has 0 spiro atoms. The summed E-state index contributed by atoms with van der Waals surface area (Å²) in [6, 6.07) is 11.0. The maximum absolute atomic E-state index is 12.9. The molecule has 0 amide bonds. The number of benzene rings is 2. The van der Waals surface area contributed by atoms with Gasteiger partial charge in [-0.3, -0.25) is 4.79 Å². The number of piperazine rings is 1. The topological polar surface area (TPSA) is 23.6 Å². The van der Waals surface area contributed by atoms with Gasteiger partial charge in [0.25, 0.3) is 0 Å². The number of hydrogen-bond donors (Lipinski definition) is 0. The molecular formula is C24H26ClF3N2O. The summed E-state index contributed by atoms with van der Waals surface area (Å²) in [6.07, 6.45) is -1.29. The van der Waals surface area contributed by atoms with Crippen molar-refractivity contribution in [3.05, 3.63) is 70.3 Å². The smallest absolute Gasteiger partial charge is 0.369 e. The molecule has 1 saturated heterocycles. The lowest BCUT2D eigenvalue weighted by Gasteiger charge is -2.36. The van der Waals surface area contributed by atoms with E-state index in [1.54, 1.807) is 6.08 Å². The molecule has 4 rings (SSSR count). The number of likely N-dealkylation sites (N-methyl/N-ethyl adjacent to an activating group) is 1. The van der Waals surface area contributed by atoms with Gasteiger partial charge in [0.2, 0.25) is 0 Å². The zero-order valence-electron chi connectivity index (χ0n) is 17.4. The molecule has 2 aliphatic rings. The molecule has 31 heavy (non-hydrogen) atoms. The Kier molecular flexibility index (Phi) is 7.12. The molecule has 0 N–H and O–H groups in total. The van der Waals surface area contributed by atoms with Gasteiger partial charge in [-0.1, -0.05) is 19.1 Å². The number of fused-ring (bicyclic) bond motifs is 1. The van der Waals surface area contributed by atoms with Crippen LogP contribution in [0.15, 0.2) is 48.0 Å². The van der Waals surface area contributed by atoms with Gasteiger partial charge in [-0.15, -0.1) is 12.4 Å². The second kappa shape index (κ2) is 9.45. The van der Waals surface area contributed by atoms with Crippen LogP contribution in [0.25, 0.3) is 6.08 Å². The summed E-state index contributed by atoms with van der Waals surface area (Å²) >= 11 is 0. The molecule has 3 nitrogen and oxygen atoms in total. The summed E-state index contributed by atoms with van der Waals surface area (Å²) in [6.45, 7) is 7.31. The number of rotatable bonds is 3. The number of carbonyl (C=O) groups excluding carboxylic acids is 1. The second-order valence-electron chi connectivity index (χ2n) is 7.88. The Morgan fingerprint density at radius 1 is 0.968 bits per heavy atom. The molecule has 7 heteroatoms. The highest BCUT2D eigenvalue weighted by molar-refractivity contribution is 6.13. The van der Waals surface area contributed by atoms with Crippen LogP contribution in [0.1, 0.15) is 40.4 Å². The number of ketones is 1. The number of carbonyl (C=O) groups is 1. The predicted octanol–water partition coefficient (Wildman–Crippen LogP) is 5.48. The van der Waals surface area contributed by atoms with Crippen LogP contribution < -0.4 is 4.90 Å². The Balaban J connectivity index is 0.00000272. The molecule has 2 aromatic rings. The van der Waals surface area contributed by atoms with Crippen molar-refractivity contribution in [2.75, 3.05) is 37.6 Å². The van der Waals surface area contributed by atoms with Crippen molar-refractivity contribution in [1.82, 2.24) is 4.90 Å². The van der Waals surface area contributed by atoms with Crippen molar-refractivity contribution in [2.24, 2.45) is 0 Å². The van der Waals surface area contributed by atoms with Gasteiger partial charge in [0.1, 0.15) is 0 Å². The van der Waals surface area contributed by atoms with Crippen LogP contribution in [-0.4, -0.2) is 43.4 Å². The van der Waals surface area contributed by atoms with Crippen LogP contribution >= 0.6 is 12.4 Å². The first-order chi connectivity index (χ1) is 14.3. The molecule has 1 aliphatic carbocycles. The van der Waals surface area contributed by atoms with Gasteiger partial charge in [0, 0.05) is 43.0 Å². The van der Waals surface area contributed by atoms with E-state index in [2.05, 4.69) is 22.8 Å². The quantitative estimate of drug-likeness (QED) is 0.578. The standard InChI is InChI=1S/C24H25F3N2O.ClH/c1-2-28-11-13-29(14-12-28)21-9-10-22-18(16-21)5-6-19(23(22)30)15-17-3-7-20(8-4-17)24(25,26)27;/h3-4,7-10,15-16H,2,5-6,11-14H2,1H3;1H/b19-15+;. The monoisotopic (exact) mass is 450 g/mol. The molecule has 2 aromatic carbocycles. The van der Waals surface area contributed by atoms with Gasteiger partial charge in [0.05, 0.1) is 5.56 Å². The molecular weight excluding hydrogens is 425 g/mol. The Hall–Kier alpha value is -2.31. The fourth-order valence-electron chi connectivity index (χ4n) is 4.19. The summed E-state index contributed by atoms with van der Waals surface area (Å²) in [5.74, 6) is -0.0292. The molecule has 0 radical (unpaired) electrons. The van der Waals surface area contributed by atoms with E-state index in [1.807, 2.05) is 12.1 Å². The number of aryl methyl sites for hydroxylation is 1. The average molecular weight is 451 g/mol. The highest BCUT2D eigenvalue weighted by Crippen LogP contribution is 2.32. The maximum atomic E-state index is 12.9. The van der Waals surface area contributed by atoms with Crippen LogP contribution in [0.5, 0.6) is 0 Å². The number of alkyl halides is 3. The average Bonchev–Trinajstić information content (AvgIpc) is 2.75. The first-order valence-corrected chi connectivity index (χ1v) is 10.4. The van der Waals surface area contributed by atoms with E-state index in [9.17, 15) is 18.0 Å². The number of allylic oxidation sites excluding steroid dienone is 1. The third-order valence-electron chi connectivity index (χ3n) is 6.05. The number of halogens is 4. The molecule has 0 saturated carbocycles. The van der Waals surface area contributed by atoms with E-state index in [0.717, 1.165) is 62.5 Å². The van der Waals surface area contributed by atoms with Crippen molar-refractivity contribution in [2.45, 2.75) is 25.9 Å². The number of anilines is 1. The van der Waals surface area contributed by atoms with Gasteiger partial charge < -0.3 is 9.80 Å². The van der Waals surface area contributed by atoms with Crippen molar-refractivity contribution in [3.63, 3.8) is 0 Å². The van der Waals surface area contributed by atoms with Crippen molar-refractivity contribution < 1.29 is 18.0 Å². The highest BCUT2D eigenvalue weighted by atomic mass is 35.5. The number of hydrogen-bond acceptors (Lipinski definition) is 3. The largest absolute Gasteiger partial charge is 0.416 e. The Morgan fingerprint density at radius 2 is 1.65 bits per heavy atom. The molecule has 0 atom stereocenters. The minimum Gasteiger partial charge on any atom is -0.369 e. The molecule has 0 unspecified atom stereocenters. The van der Waals surface area contributed by atoms with E-state index in [-0.39, 0.29) is 18.2 Å². The lowest BCUT2D eigenvalue weighted by atomic mass is 9.85. The van der Waals surface area contributed by atoms with Crippen molar-refractivity contribution in [1.29, 1.82) is 0 Å². The highest BCUT2D eigenvalue weighted by Gasteiger charge is 2.30. The number of nitrogens with zero attached hydrogens (tertiary/aromatic N) is 2. The van der Waals surface area contributed by atoms with Gasteiger partial charge in [-0.05, 0) is 66.9 Å². The van der Waals surface area contributed by atoms with E-state index in [4.69, 9.17) is 0 Å². The molecule has 1 fully saturated rings. The van der Waals surface area contributed by atoms with Crippen LogP contribution in [0, 0.1) is 0 Å². The molecule has 166 valence electrons. The SMILES string of the molecule is CCN1CCN(c2ccc3c(c2)CC/C(=C\c2ccc(C(F)(F)F)cc2)C3=O)CC1.Cl. The minimum absolute atomic E-state index is 0. The van der Waals surface area contributed by atoms with E-state index >= 15 is 0 Å². The van der Waals surface area contributed by atoms with E-state index < -0.39 is 11.7 Å². The first-order valence-electron chi connectivity index (χ1n) is 10.4. The minimum atomic E-state index is -4.35. The van der Waals surface area contributed by atoms with Crippen LogP contribution in [0.4, 0.5) is 18.9 Å². The third-order valence-corrected chi connectivity index (χ3v) is 6.05. The number of Topliss-reactive ketones (excluding diaryl/α,β-unsaturated/α-hetero) is 1. The summed E-state index contributed by atoms with van der Waals surface area (Å²) < 4.78 is 38.2. The Labute approximate surface area is 186 Å². The summed E-state index contributed by atoms with van der Waals surface area (Å²) in [5, 5.41) is 0. The molecule has 1 heterocycles. The maximum Gasteiger partial charge on any atom is 0.416 e. The van der Waals surface area contributed by atoms with E-state index in [1.165, 1.54) is 12.1 Å². The summed E-state index contributed by atoms with van der Waals surface area (Å²) in [5.41, 5.74) is 3.49. The normalized spacial score (nSPS) is 18.6. The fourth-order valence-corrected chi connectivity index (χ4v) is 4.19. The van der Waals surface area contributed by atoms with Gasteiger partial charge in [0.15, 0.2) is 5.78 Å². The van der Waals surface area contributed by atoms with Crippen LogP contribution in [0.2, 0.25) is 0 Å². The molecule has 1 aliphatic heterocycles. The van der Waals surface area contributed by atoms with Gasteiger partial charge >= 0.3 is 6.18 Å². The summed E-state index contributed by atoms with van der Waals surface area (Å²) in [4.78, 5) is 17.7. The van der Waals surface area contributed by atoms with Gasteiger partial charge in [-0.2, -0.15) is 13.2 Å². The molecule has 0 aromatic heterocycles. The third kappa shape index (κ3) is 5.13. The van der Waals surface area contributed by atoms with Crippen LogP contribution in [-0.2, 0) is 12.6 Å². The lowest BCUT2D eigenvalue weighted by molar-refractivity contribution is -0.137. The Bertz CT molecular complexity index is 962. The van der Waals surface area contributed by atoms with Crippen LogP contribution in [0.3, 0.4) is 0 Å². The van der Waals surface area contributed by atoms with E-state index in [0.29, 0.717) is 23.1 Å². The van der Waals surface area contributed by atoms with Crippen molar-refractivity contribution in [3.8, 4) is 0 Å². The molecule has 0 bridgehead atoms. The fraction of sp³-hybridized carbons (Fsp3) is 0.375. The lowest BCUT2D eigenvalue weighted by Crippen LogP contribution is -2.46. The zero-order valence-corrected chi connectivity index (χ0v) is 18.2. The Morgan fingerprint density at radius 3 is 2.26 bits per heavy atom. The van der Waals surface area contributed by atoms with Gasteiger partial charge in [-0.25, -0.2) is 0 Å². The van der Waals surface area contributed by atoms with Crippen molar-refractivity contribution >= 4 is 30.0 Å². The second-order valence-corrected chi connectivity index (χ2v) is 7.88.